The van der Waals surface area contributed by atoms with Gasteiger partial charge in [-0.3, -0.25) is 10.1 Å². The van der Waals surface area contributed by atoms with E-state index in [4.69, 9.17) is 21.1 Å². The Morgan fingerprint density at radius 1 is 1.12 bits per heavy atom. The van der Waals surface area contributed by atoms with E-state index in [1.165, 1.54) is 6.33 Å². The summed E-state index contributed by atoms with van der Waals surface area (Å²) in [6.45, 7) is 1.69. The van der Waals surface area contributed by atoms with Gasteiger partial charge in [-0.05, 0) is 77.2 Å². The number of amides is 1. The number of benzene rings is 2. The molecule has 0 saturated carbocycles. The second-order valence-electron chi connectivity index (χ2n) is 10.6. The van der Waals surface area contributed by atoms with E-state index in [-0.39, 0.29) is 17.5 Å². The minimum atomic E-state index is -0.487. The number of carbonyl (C=O) groups is 1. The number of pyridine rings is 1. The van der Waals surface area contributed by atoms with Gasteiger partial charge in [-0.2, -0.15) is 4.68 Å². The van der Waals surface area contributed by atoms with Crippen LogP contribution in [0.25, 0.3) is 28.1 Å². The van der Waals surface area contributed by atoms with E-state index < -0.39 is 6.09 Å². The molecule has 0 bridgehead atoms. The molecule has 2 aliphatic heterocycles. The summed E-state index contributed by atoms with van der Waals surface area (Å²) in [4.78, 5) is 33.7. The Labute approximate surface area is 250 Å². The van der Waals surface area contributed by atoms with Crippen LogP contribution in [0.3, 0.4) is 0 Å². The molecule has 218 valence electrons. The monoisotopic (exact) mass is 598 g/mol. The van der Waals surface area contributed by atoms with E-state index in [2.05, 4.69) is 30.8 Å². The number of fused-ring (bicyclic) bond motifs is 1. The minimum absolute atomic E-state index is 0.127. The van der Waals surface area contributed by atoms with Crippen LogP contribution < -0.4 is 10.9 Å². The number of imidazole rings is 1. The summed E-state index contributed by atoms with van der Waals surface area (Å²) < 4.78 is 14.0. The number of hydrogen-bond acceptors (Lipinski definition) is 8. The number of nitrogens with one attached hydrogen (secondary N) is 2. The van der Waals surface area contributed by atoms with Crippen LogP contribution in [0, 0.1) is 5.92 Å². The molecule has 2 N–H and O–H groups in total. The predicted octanol–water partition coefficient (Wildman–Crippen LogP) is 4.66. The summed E-state index contributed by atoms with van der Waals surface area (Å²) >= 11 is 6.32. The quantitative estimate of drug-likeness (QED) is 0.276. The van der Waals surface area contributed by atoms with Crippen LogP contribution in [0.2, 0.25) is 5.02 Å². The first-order valence-electron chi connectivity index (χ1n) is 14.0. The molecular weight excluding hydrogens is 572 g/mol. The molecule has 0 radical (unpaired) electrons. The highest BCUT2D eigenvalue weighted by Gasteiger charge is 2.28. The summed E-state index contributed by atoms with van der Waals surface area (Å²) in [5, 5.41) is 14.8. The van der Waals surface area contributed by atoms with Crippen molar-refractivity contribution in [2.45, 2.75) is 25.3 Å². The Balaban J connectivity index is 1.08. The van der Waals surface area contributed by atoms with E-state index in [0.717, 1.165) is 53.0 Å². The largest absolute Gasteiger partial charge is 0.449 e. The maximum Gasteiger partial charge on any atom is 0.411 e. The molecule has 1 unspecified atom stereocenters. The number of halogens is 1. The Kier molecular flexibility index (Phi) is 7.21. The first-order valence-corrected chi connectivity index (χ1v) is 14.4. The number of aromatic amines is 1. The smallest absolute Gasteiger partial charge is 0.411 e. The predicted molar refractivity (Wildman–Crippen MR) is 158 cm³/mol. The lowest BCUT2D eigenvalue weighted by atomic mass is 10.0. The van der Waals surface area contributed by atoms with E-state index >= 15 is 0 Å². The third kappa shape index (κ3) is 5.54. The number of anilines is 1. The van der Waals surface area contributed by atoms with Crippen molar-refractivity contribution in [3.05, 3.63) is 94.0 Å². The normalized spacial score (nSPS) is 17.6. The molecule has 2 aliphatic rings. The van der Waals surface area contributed by atoms with Crippen molar-refractivity contribution in [3.8, 4) is 28.1 Å². The van der Waals surface area contributed by atoms with Crippen molar-refractivity contribution in [1.82, 2.24) is 34.7 Å². The van der Waals surface area contributed by atoms with Crippen LogP contribution in [-0.4, -0.2) is 60.7 Å². The summed E-state index contributed by atoms with van der Waals surface area (Å²) in [5.41, 5.74) is 5.36. The van der Waals surface area contributed by atoms with Gasteiger partial charge in [0.1, 0.15) is 12.2 Å². The SMILES string of the molecule is O=C(Nc1ccc(-c2cnc([C@@H]3CCc4cc(-c5cc(Cl)ccc5-n5cnnn5)cc(=O)n43)[nH]2)cc1)OCC1CCOC1. The molecule has 0 aliphatic carbocycles. The third-order valence-electron chi connectivity index (χ3n) is 7.83. The lowest BCUT2D eigenvalue weighted by Gasteiger charge is -2.15. The van der Waals surface area contributed by atoms with Gasteiger partial charge in [0, 0.05) is 40.6 Å². The number of hydrogen-bond donors (Lipinski definition) is 2. The van der Waals surface area contributed by atoms with Crippen molar-refractivity contribution < 1.29 is 14.3 Å². The van der Waals surface area contributed by atoms with Crippen LogP contribution in [0.15, 0.2) is 71.9 Å². The maximum absolute atomic E-state index is 13.5. The molecule has 1 amide bonds. The Bertz CT molecular complexity index is 1830. The molecular formula is C30H27ClN8O4. The molecule has 43 heavy (non-hydrogen) atoms. The van der Waals surface area contributed by atoms with Crippen LogP contribution in [0.5, 0.6) is 0 Å². The Morgan fingerprint density at radius 3 is 2.79 bits per heavy atom. The van der Waals surface area contributed by atoms with Gasteiger partial charge in [-0.1, -0.05) is 23.7 Å². The second kappa shape index (κ2) is 11.5. The summed E-state index contributed by atoms with van der Waals surface area (Å²) in [7, 11) is 0. The van der Waals surface area contributed by atoms with Gasteiger partial charge in [0.05, 0.1) is 36.8 Å². The van der Waals surface area contributed by atoms with Crippen molar-refractivity contribution in [2.75, 3.05) is 25.1 Å². The molecule has 5 aromatic rings. The van der Waals surface area contributed by atoms with Crippen molar-refractivity contribution in [3.63, 3.8) is 0 Å². The lowest BCUT2D eigenvalue weighted by molar-refractivity contribution is 0.127. The lowest BCUT2D eigenvalue weighted by Crippen LogP contribution is -2.23. The van der Waals surface area contributed by atoms with Gasteiger partial charge in [-0.15, -0.1) is 5.10 Å². The number of aryl methyl sites for hydroxylation is 1. The van der Waals surface area contributed by atoms with Gasteiger partial charge >= 0.3 is 6.09 Å². The Morgan fingerprint density at radius 2 is 2.00 bits per heavy atom. The third-order valence-corrected chi connectivity index (χ3v) is 8.06. The molecule has 1 fully saturated rings. The van der Waals surface area contributed by atoms with Gasteiger partial charge in [-0.25, -0.2) is 9.78 Å². The zero-order valence-corrected chi connectivity index (χ0v) is 23.7. The molecule has 1 saturated heterocycles. The van der Waals surface area contributed by atoms with Crippen LogP contribution in [0.1, 0.15) is 30.4 Å². The average Bonchev–Trinajstić information content (AvgIpc) is 3.84. The van der Waals surface area contributed by atoms with Gasteiger partial charge in [0.25, 0.3) is 5.56 Å². The molecule has 3 aromatic heterocycles. The minimum Gasteiger partial charge on any atom is -0.449 e. The van der Waals surface area contributed by atoms with Crippen molar-refractivity contribution in [1.29, 1.82) is 0 Å². The van der Waals surface area contributed by atoms with Crippen LogP contribution >= 0.6 is 11.6 Å². The zero-order chi connectivity index (χ0) is 29.3. The van der Waals surface area contributed by atoms with E-state index in [1.807, 2.05) is 42.5 Å². The van der Waals surface area contributed by atoms with Gasteiger partial charge < -0.3 is 19.0 Å². The van der Waals surface area contributed by atoms with Gasteiger partial charge in [0.15, 0.2) is 0 Å². The van der Waals surface area contributed by atoms with Crippen molar-refractivity contribution in [2.24, 2.45) is 5.92 Å². The number of nitrogens with zero attached hydrogens (tertiary/aromatic N) is 6. The summed E-state index contributed by atoms with van der Waals surface area (Å²) in [5.74, 6) is 0.967. The highest BCUT2D eigenvalue weighted by Crippen LogP contribution is 2.34. The number of rotatable bonds is 7. The molecule has 5 heterocycles. The number of ether oxygens (including phenoxy) is 2. The second-order valence-corrected chi connectivity index (χ2v) is 11.1. The molecule has 2 atom stereocenters. The van der Waals surface area contributed by atoms with Crippen molar-refractivity contribution >= 4 is 23.4 Å². The van der Waals surface area contributed by atoms with Gasteiger partial charge in [0.2, 0.25) is 0 Å². The summed E-state index contributed by atoms with van der Waals surface area (Å²) in [6.07, 6.45) is 5.14. The molecule has 7 rings (SSSR count). The fourth-order valence-electron chi connectivity index (χ4n) is 5.67. The maximum atomic E-state index is 13.5. The molecule has 12 nitrogen and oxygen atoms in total. The first-order chi connectivity index (χ1) is 21.0. The molecule has 13 heteroatoms. The van der Waals surface area contributed by atoms with Crippen LogP contribution in [0.4, 0.5) is 10.5 Å². The van der Waals surface area contributed by atoms with E-state index in [9.17, 15) is 9.59 Å². The van der Waals surface area contributed by atoms with E-state index in [1.54, 1.807) is 27.6 Å². The highest BCUT2D eigenvalue weighted by molar-refractivity contribution is 6.31. The number of carbonyl (C=O) groups excluding carboxylic acids is 1. The van der Waals surface area contributed by atoms with E-state index in [0.29, 0.717) is 36.4 Å². The fraction of sp³-hybridized carbons (Fsp3) is 0.267. The summed E-state index contributed by atoms with van der Waals surface area (Å²) in [6, 6.07) is 16.2. The average molecular weight is 599 g/mol. The van der Waals surface area contributed by atoms with Crippen LogP contribution in [-0.2, 0) is 15.9 Å². The molecule has 0 spiro atoms. The standard InChI is InChI=1S/C30H27ClN8O4/c31-21-3-7-26(38-17-33-36-37-38)24(13-21)20-11-23-6-8-27(39(23)28(40)12-20)29-32-14-25(35-29)19-1-4-22(5-2-19)34-30(41)43-16-18-9-10-42-15-18/h1-5,7,11-14,17-18,27H,6,8-10,15-16H2,(H,32,35)(H,34,41)/t18?,27-/m0/s1. The molecule has 2 aromatic carbocycles. The first kappa shape index (κ1) is 27.0. The number of H-pyrrole nitrogens is 1. The Hall–Kier alpha value is -4.81. The topological polar surface area (TPSA) is 142 Å². The highest BCUT2D eigenvalue weighted by atomic mass is 35.5. The number of tetrazole rings is 1. The number of aromatic nitrogens is 7. The fourth-order valence-corrected chi connectivity index (χ4v) is 5.84. The zero-order valence-electron chi connectivity index (χ0n) is 22.9.